The van der Waals surface area contributed by atoms with Crippen LogP contribution in [0.3, 0.4) is 0 Å². The number of anilines is 1. The summed E-state index contributed by atoms with van der Waals surface area (Å²) in [5.74, 6) is -0.128. The van der Waals surface area contributed by atoms with E-state index in [9.17, 15) is 4.79 Å². The summed E-state index contributed by atoms with van der Waals surface area (Å²) in [7, 11) is 1.76. The number of rotatable bonds is 3. The van der Waals surface area contributed by atoms with Gasteiger partial charge in [-0.1, -0.05) is 29.8 Å². The van der Waals surface area contributed by atoms with Crippen LogP contribution in [0.4, 0.5) is 5.69 Å². The number of nitrogens with two attached hydrogens (primary N) is 1. The summed E-state index contributed by atoms with van der Waals surface area (Å²) >= 11 is 9.53. The number of nitrogens with zero attached hydrogens (tertiary/aromatic N) is 1. The molecule has 2 aromatic carbocycles. The lowest BCUT2D eigenvalue weighted by Crippen LogP contribution is -2.30. The summed E-state index contributed by atoms with van der Waals surface area (Å²) in [6.07, 6.45) is 0. The first-order valence-corrected chi connectivity index (χ1v) is 7.65. The van der Waals surface area contributed by atoms with Crippen molar-refractivity contribution >= 4 is 39.1 Å². The fourth-order valence-corrected chi connectivity index (χ4v) is 2.65. The van der Waals surface area contributed by atoms with Crippen LogP contribution in [0.15, 0.2) is 46.9 Å². The molecule has 1 amide bonds. The predicted molar refractivity (Wildman–Crippen MR) is 90.5 cm³/mol. The smallest absolute Gasteiger partial charge is 0.255 e. The lowest BCUT2D eigenvalue weighted by Gasteiger charge is -2.26. The normalized spacial score (nSPS) is 12.0. The fraction of sp³-hybridized carbons (Fsp3) is 0.188. The van der Waals surface area contributed by atoms with Crippen LogP contribution in [-0.4, -0.2) is 17.9 Å². The van der Waals surface area contributed by atoms with E-state index in [0.717, 1.165) is 5.56 Å². The van der Waals surface area contributed by atoms with Crippen molar-refractivity contribution in [3.05, 3.63) is 63.1 Å². The lowest BCUT2D eigenvalue weighted by molar-refractivity contribution is 0.0743. The molecule has 1 unspecified atom stereocenters. The monoisotopic (exact) mass is 366 g/mol. The standard InChI is InChI=1S/C16H16BrClN2O/c1-10(11-5-3-6-12(19)9-11)20(2)16(21)13-7-4-8-14(17)15(13)18/h3-10H,19H2,1-2H3. The Hall–Kier alpha value is -1.52. The van der Waals surface area contributed by atoms with Crippen molar-refractivity contribution in [2.75, 3.05) is 12.8 Å². The Morgan fingerprint density at radius 1 is 1.29 bits per heavy atom. The van der Waals surface area contributed by atoms with Crippen molar-refractivity contribution in [2.45, 2.75) is 13.0 Å². The minimum absolute atomic E-state index is 0.101. The second-order valence-electron chi connectivity index (χ2n) is 4.86. The zero-order valence-electron chi connectivity index (χ0n) is 11.8. The van der Waals surface area contributed by atoms with E-state index in [0.29, 0.717) is 20.7 Å². The van der Waals surface area contributed by atoms with Crippen molar-refractivity contribution in [1.82, 2.24) is 4.90 Å². The molecule has 0 aromatic heterocycles. The maximum atomic E-state index is 12.6. The van der Waals surface area contributed by atoms with Crippen LogP contribution >= 0.6 is 27.5 Å². The molecule has 3 nitrogen and oxygen atoms in total. The molecule has 2 aromatic rings. The van der Waals surface area contributed by atoms with Gasteiger partial charge in [-0.3, -0.25) is 4.79 Å². The van der Waals surface area contributed by atoms with Gasteiger partial charge in [0, 0.05) is 17.2 Å². The minimum atomic E-state index is -0.128. The molecule has 0 bridgehead atoms. The number of halogens is 2. The molecule has 0 aliphatic rings. The summed E-state index contributed by atoms with van der Waals surface area (Å²) in [6.45, 7) is 1.96. The van der Waals surface area contributed by atoms with Crippen LogP contribution in [0, 0.1) is 0 Å². The topological polar surface area (TPSA) is 46.3 Å². The first-order chi connectivity index (χ1) is 9.91. The van der Waals surface area contributed by atoms with Crippen molar-refractivity contribution in [3.8, 4) is 0 Å². The number of carbonyl (C=O) groups excluding carboxylic acids is 1. The minimum Gasteiger partial charge on any atom is -0.399 e. The van der Waals surface area contributed by atoms with Gasteiger partial charge in [0.05, 0.1) is 16.6 Å². The highest BCUT2D eigenvalue weighted by Crippen LogP contribution is 2.29. The highest BCUT2D eigenvalue weighted by molar-refractivity contribution is 9.10. The third-order valence-electron chi connectivity index (χ3n) is 3.48. The number of amides is 1. The number of nitrogen functional groups attached to an aromatic ring is 1. The van der Waals surface area contributed by atoms with E-state index in [1.54, 1.807) is 30.1 Å². The Kier molecular flexibility index (Phi) is 4.91. The van der Waals surface area contributed by atoms with Crippen molar-refractivity contribution < 1.29 is 4.79 Å². The number of hydrogen-bond acceptors (Lipinski definition) is 2. The summed E-state index contributed by atoms with van der Waals surface area (Å²) in [6, 6.07) is 12.7. The van der Waals surface area contributed by atoms with E-state index in [4.69, 9.17) is 17.3 Å². The Morgan fingerprint density at radius 2 is 1.95 bits per heavy atom. The first kappa shape index (κ1) is 15.9. The molecule has 21 heavy (non-hydrogen) atoms. The van der Waals surface area contributed by atoms with E-state index in [1.807, 2.05) is 31.2 Å². The molecule has 0 aliphatic heterocycles. The van der Waals surface area contributed by atoms with Gasteiger partial charge in [0.2, 0.25) is 0 Å². The van der Waals surface area contributed by atoms with Gasteiger partial charge in [-0.05, 0) is 52.7 Å². The van der Waals surface area contributed by atoms with E-state index >= 15 is 0 Å². The van der Waals surface area contributed by atoms with Gasteiger partial charge in [-0.15, -0.1) is 0 Å². The molecule has 2 N–H and O–H groups in total. The molecule has 0 saturated heterocycles. The molecule has 0 aliphatic carbocycles. The third-order valence-corrected chi connectivity index (χ3v) is 4.77. The number of hydrogen-bond donors (Lipinski definition) is 1. The number of benzene rings is 2. The van der Waals surface area contributed by atoms with Crippen LogP contribution in [0.2, 0.25) is 5.02 Å². The maximum absolute atomic E-state index is 12.6. The van der Waals surface area contributed by atoms with Crippen LogP contribution < -0.4 is 5.73 Å². The van der Waals surface area contributed by atoms with E-state index in [1.165, 1.54) is 0 Å². The van der Waals surface area contributed by atoms with Crippen LogP contribution in [-0.2, 0) is 0 Å². The summed E-state index contributed by atoms with van der Waals surface area (Å²) in [5, 5.41) is 0.425. The Morgan fingerprint density at radius 3 is 2.62 bits per heavy atom. The molecule has 1 atom stereocenters. The summed E-state index contributed by atoms with van der Waals surface area (Å²) in [5.41, 5.74) is 7.94. The van der Waals surface area contributed by atoms with Crippen molar-refractivity contribution in [3.63, 3.8) is 0 Å². The van der Waals surface area contributed by atoms with E-state index in [2.05, 4.69) is 15.9 Å². The number of carbonyl (C=O) groups is 1. The third kappa shape index (κ3) is 3.39. The average molecular weight is 368 g/mol. The van der Waals surface area contributed by atoms with Gasteiger partial charge in [-0.25, -0.2) is 0 Å². The van der Waals surface area contributed by atoms with Gasteiger partial charge in [0.1, 0.15) is 0 Å². The summed E-state index contributed by atoms with van der Waals surface area (Å²) in [4.78, 5) is 14.3. The largest absolute Gasteiger partial charge is 0.399 e. The fourth-order valence-electron chi connectivity index (χ4n) is 2.08. The SMILES string of the molecule is CC(c1cccc(N)c1)N(C)C(=O)c1cccc(Br)c1Cl. The predicted octanol–water partition coefficient (Wildman–Crippen LogP) is 4.52. The Bertz CT molecular complexity index is 675. The zero-order valence-corrected chi connectivity index (χ0v) is 14.1. The molecule has 2 rings (SSSR count). The van der Waals surface area contributed by atoms with Crippen LogP contribution in [0.25, 0.3) is 0 Å². The highest BCUT2D eigenvalue weighted by Gasteiger charge is 2.21. The molecule has 5 heteroatoms. The van der Waals surface area contributed by atoms with Gasteiger partial charge in [0.25, 0.3) is 5.91 Å². The average Bonchev–Trinajstić information content (AvgIpc) is 2.48. The highest BCUT2D eigenvalue weighted by atomic mass is 79.9. The molecular weight excluding hydrogens is 352 g/mol. The second kappa shape index (κ2) is 6.50. The van der Waals surface area contributed by atoms with Gasteiger partial charge >= 0.3 is 0 Å². The lowest BCUT2D eigenvalue weighted by atomic mass is 10.1. The summed E-state index contributed by atoms with van der Waals surface area (Å²) < 4.78 is 0.708. The molecule has 0 heterocycles. The molecule has 110 valence electrons. The van der Waals surface area contributed by atoms with Gasteiger partial charge < -0.3 is 10.6 Å². The molecule has 0 radical (unpaired) electrons. The Balaban J connectivity index is 2.29. The second-order valence-corrected chi connectivity index (χ2v) is 6.10. The van der Waals surface area contributed by atoms with Gasteiger partial charge in [-0.2, -0.15) is 0 Å². The van der Waals surface area contributed by atoms with Crippen LogP contribution in [0.5, 0.6) is 0 Å². The zero-order chi connectivity index (χ0) is 15.6. The van der Waals surface area contributed by atoms with Gasteiger partial charge in [0.15, 0.2) is 0 Å². The Labute approximate surface area is 137 Å². The van der Waals surface area contributed by atoms with Crippen LogP contribution in [0.1, 0.15) is 28.9 Å². The molecule has 0 spiro atoms. The quantitative estimate of drug-likeness (QED) is 0.811. The van der Waals surface area contributed by atoms with Crippen molar-refractivity contribution in [1.29, 1.82) is 0 Å². The van der Waals surface area contributed by atoms with E-state index < -0.39 is 0 Å². The van der Waals surface area contributed by atoms with Crippen molar-refractivity contribution in [2.24, 2.45) is 0 Å². The molecular formula is C16H16BrClN2O. The first-order valence-electron chi connectivity index (χ1n) is 6.48. The van der Waals surface area contributed by atoms with E-state index in [-0.39, 0.29) is 11.9 Å². The molecule has 0 fully saturated rings. The maximum Gasteiger partial charge on any atom is 0.255 e. The molecule has 0 saturated carbocycles.